The van der Waals surface area contributed by atoms with Gasteiger partial charge in [-0.05, 0) is 31.2 Å². The smallest absolute Gasteiger partial charge is 0.165 e. The molecule has 0 unspecified atom stereocenters. The SMILES string of the molecule is COc1cc(C(=O)CCN)c(C)cc1F. The average molecular weight is 211 g/mol. The topological polar surface area (TPSA) is 52.3 Å². The van der Waals surface area contributed by atoms with Crippen molar-refractivity contribution in [2.24, 2.45) is 5.73 Å². The number of hydrogen-bond donors (Lipinski definition) is 1. The van der Waals surface area contributed by atoms with Gasteiger partial charge in [0.1, 0.15) is 0 Å². The molecule has 0 fully saturated rings. The monoisotopic (exact) mass is 211 g/mol. The van der Waals surface area contributed by atoms with Gasteiger partial charge in [0.05, 0.1) is 7.11 Å². The fraction of sp³-hybridized carbons (Fsp3) is 0.364. The summed E-state index contributed by atoms with van der Waals surface area (Å²) in [6.45, 7) is 1.98. The van der Waals surface area contributed by atoms with E-state index in [9.17, 15) is 9.18 Å². The molecule has 1 aromatic rings. The third-order valence-corrected chi connectivity index (χ3v) is 2.17. The lowest BCUT2D eigenvalue weighted by Gasteiger charge is -2.08. The molecule has 15 heavy (non-hydrogen) atoms. The lowest BCUT2D eigenvalue weighted by Crippen LogP contribution is -2.10. The van der Waals surface area contributed by atoms with Crippen molar-refractivity contribution in [1.29, 1.82) is 0 Å². The molecular formula is C11H14FNO2. The molecule has 0 aromatic heterocycles. The number of rotatable bonds is 4. The minimum Gasteiger partial charge on any atom is -0.494 e. The van der Waals surface area contributed by atoms with E-state index >= 15 is 0 Å². The first-order valence-corrected chi connectivity index (χ1v) is 4.67. The van der Waals surface area contributed by atoms with Gasteiger partial charge in [-0.15, -0.1) is 0 Å². The Balaban J connectivity index is 3.12. The summed E-state index contributed by atoms with van der Waals surface area (Å²) >= 11 is 0. The number of nitrogens with two attached hydrogens (primary N) is 1. The lowest BCUT2D eigenvalue weighted by atomic mass is 10.0. The number of halogens is 1. The van der Waals surface area contributed by atoms with Crippen LogP contribution in [0.2, 0.25) is 0 Å². The molecule has 0 saturated heterocycles. The second-order valence-corrected chi connectivity index (χ2v) is 3.26. The number of carbonyl (C=O) groups is 1. The van der Waals surface area contributed by atoms with Crippen LogP contribution in [0.25, 0.3) is 0 Å². The normalized spacial score (nSPS) is 10.1. The maximum Gasteiger partial charge on any atom is 0.165 e. The Labute approximate surface area is 88.0 Å². The zero-order valence-corrected chi connectivity index (χ0v) is 8.84. The van der Waals surface area contributed by atoms with Gasteiger partial charge in [0, 0.05) is 12.0 Å². The molecule has 1 aromatic carbocycles. The molecular weight excluding hydrogens is 197 g/mol. The van der Waals surface area contributed by atoms with Gasteiger partial charge in [-0.2, -0.15) is 0 Å². The highest BCUT2D eigenvalue weighted by Crippen LogP contribution is 2.22. The molecule has 0 radical (unpaired) electrons. The molecule has 0 heterocycles. The van der Waals surface area contributed by atoms with Crippen LogP contribution in [0.5, 0.6) is 5.75 Å². The number of aryl methyl sites for hydroxylation is 1. The number of carbonyl (C=O) groups excluding carboxylic acids is 1. The lowest BCUT2D eigenvalue weighted by molar-refractivity contribution is 0.0984. The summed E-state index contributed by atoms with van der Waals surface area (Å²) in [7, 11) is 1.37. The molecule has 0 aliphatic rings. The summed E-state index contributed by atoms with van der Waals surface area (Å²) in [5, 5.41) is 0. The van der Waals surface area contributed by atoms with E-state index < -0.39 is 5.82 Å². The molecule has 82 valence electrons. The number of benzene rings is 1. The van der Waals surface area contributed by atoms with E-state index in [0.717, 1.165) is 0 Å². The van der Waals surface area contributed by atoms with E-state index in [4.69, 9.17) is 10.5 Å². The molecule has 0 atom stereocenters. The maximum absolute atomic E-state index is 13.2. The molecule has 2 N–H and O–H groups in total. The van der Waals surface area contributed by atoms with Gasteiger partial charge in [0.2, 0.25) is 0 Å². The predicted octanol–water partition coefficient (Wildman–Crippen LogP) is 1.67. The fourth-order valence-corrected chi connectivity index (χ4v) is 1.38. The van der Waals surface area contributed by atoms with Gasteiger partial charge in [-0.25, -0.2) is 4.39 Å². The Morgan fingerprint density at radius 1 is 1.53 bits per heavy atom. The van der Waals surface area contributed by atoms with Crippen LogP contribution in [-0.2, 0) is 0 Å². The van der Waals surface area contributed by atoms with Crippen molar-refractivity contribution in [2.45, 2.75) is 13.3 Å². The van der Waals surface area contributed by atoms with Crippen molar-refractivity contribution in [2.75, 3.05) is 13.7 Å². The van der Waals surface area contributed by atoms with E-state index in [2.05, 4.69) is 0 Å². The van der Waals surface area contributed by atoms with E-state index in [0.29, 0.717) is 11.1 Å². The highest BCUT2D eigenvalue weighted by atomic mass is 19.1. The van der Waals surface area contributed by atoms with Crippen LogP contribution in [0.4, 0.5) is 4.39 Å². The summed E-state index contributed by atoms with van der Waals surface area (Å²) in [6, 6.07) is 2.71. The third kappa shape index (κ3) is 2.53. The van der Waals surface area contributed by atoms with Crippen molar-refractivity contribution in [3.63, 3.8) is 0 Å². The van der Waals surface area contributed by atoms with Crippen LogP contribution in [-0.4, -0.2) is 19.4 Å². The fourth-order valence-electron chi connectivity index (χ4n) is 1.38. The van der Waals surface area contributed by atoms with Crippen LogP contribution < -0.4 is 10.5 Å². The Kier molecular flexibility index (Phi) is 3.80. The summed E-state index contributed by atoms with van der Waals surface area (Å²) in [4.78, 5) is 11.6. The zero-order chi connectivity index (χ0) is 11.4. The van der Waals surface area contributed by atoms with Gasteiger partial charge in [0.15, 0.2) is 17.3 Å². The molecule has 0 spiro atoms. The Bertz CT molecular complexity index is 377. The Morgan fingerprint density at radius 3 is 2.73 bits per heavy atom. The number of ether oxygens (including phenoxy) is 1. The number of methoxy groups -OCH3 is 1. The van der Waals surface area contributed by atoms with Gasteiger partial charge in [0.25, 0.3) is 0 Å². The molecule has 0 aliphatic heterocycles. The van der Waals surface area contributed by atoms with Crippen LogP contribution in [0.1, 0.15) is 22.3 Å². The quantitative estimate of drug-likeness (QED) is 0.771. The van der Waals surface area contributed by atoms with Crippen molar-refractivity contribution in [3.8, 4) is 5.75 Å². The largest absolute Gasteiger partial charge is 0.494 e. The molecule has 3 nitrogen and oxygen atoms in total. The van der Waals surface area contributed by atoms with Crippen molar-refractivity contribution in [1.82, 2.24) is 0 Å². The van der Waals surface area contributed by atoms with Gasteiger partial charge < -0.3 is 10.5 Å². The molecule has 4 heteroatoms. The summed E-state index contributed by atoms with van der Waals surface area (Å²) in [6.07, 6.45) is 0.260. The minimum atomic E-state index is -0.459. The van der Waals surface area contributed by atoms with E-state index in [1.807, 2.05) is 0 Å². The van der Waals surface area contributed by atoms with Crippen LogP contribution >= 0.6 is 0 Å². The summed E-state index contributed by atoms with van der Waals surface area (Å²) in [5.41, 5.74) is 6.37. The highest BCUT2D eigenvalue weighted by Gasteiger charge is 2.13. The Hall–Kier alpha value is -1.42. The third-order valence-electron chi connectivity index (χ3n) is 2.17. The van der Waals surface area contributed by atoms with Gasteiger partial charge in [-0.3, -0.25) is 4.79 Å². The van der Waals surface area contributed by atoms with Crippen molar-refractivity contribution >= 4 is 5.78 Å². The minimum absolute atomic E-state index is 0.0842. The summed E-state index contributed by atoms with van der Waals surface area (Å²) in [5.74, 6) is -0.464. The molecule has 0 saturated carbocycles. The van der Waals surface area contributed by atoms with E-state index in [1.165, 1.54) is 19.2 Å². The first-order valence-electron chi connectivity index (χ1n) is 4.67. The molecule has 0 aliphatic carbocycles. The zero-order valence-electron chi connectivity index (χ0n) is 8.84. The first kappa shape index (κ1) is 11.7. The Morgan fingerprint density at radius 2 is 2.20 bits per heavy atom. The predicted molar refractivity (Wildman–Crippen MR) is 55.7 cm³/mol. The van der Waals surface area contributed by atoms with Crippen LogP contribution in [0.3, 0.4) is 0 Å². The van der Waals surface area contributed by atoms with Crippen LogP contribution in [0, 0.1) is 12.7 Å². The van der Waals surface area contributed by atoms with E-state index in [1.54, 1.807) is 6.92 Å². The number of hydrogen-bond acceptors (Lipinski definition) is 3. The summed E-state index contributed by atoms with van der Waals surface area (Å²) < 4.78 is 18.0. The molecule has 0 amide bonds. The number of Topliss-reactive ketones (excluding diaryl/α,β-unsaturated/α-hetero) is 1. The highest BCUT2D eigenvalue weighted by molar-refractivity contribution is 5.97. The molecule has 1 rings (SSSR count). The number of ketones is 1. The van der Waals surface area contributed by atoms with E-state index in [-0.39, 0.29) is 24.5 Å². The van der Waals surface area contributed by atoms with Crippen LogP contribution in [0.15, 0.2) is 12.1 Å². The van der Waals surface area contributed by atoms with Crippen molar-refractivity contribution in [3.05, 3.63) is 29.1 Å². The second kappa shape index (κ2) is 4.89. The second-order valence-electron chi connectivity index (χ2n) is 3.26. The molecule has 0 bridgehead atoms. The standard InChI is InChI=1S/C11H14FNO2/c1-7-5-9(12)11(15-2)6-8(7)10(14)3-4-13/h5-6H,3-4,13H2,1-2H3. The first-order chi connectivity index (χ1) is 7.10. The maximum atomic E-state index is 13.2. The van der Waals surface area contributed by atoms with Gasteiger partial charge in [-0.1, -0.05) is 0 Å². The van der Waals surface area contributed by atoms with Crippen molar-refractivity contribution < 1.29 is 13.9 Å². The average Bonchev–Trinajstić information content (AvgIpc) is 2.18. The van der Waals surface area contributed by atoms with Gasteiger partial charge >= 0.3 is 0 Å².